The predicted molar refractivity (Wildman–Crippen MR) is 105 cm³/mol. The van der Waals surface area contributed by atoms with E-state index in [0.29, 0.717) is 33.8 Å². The molecule has 0 radical (unpaired) electrons. The second kappa shape index (κ2) is 8.17. The maximum Gasteiger partial charge on any atom is 0.258 e. The van der Waals surface area contributed by atoms with Crippen LogP contribution in [-0.4, -0.2) is 15.9 Å². The van der Waals surface area contributed by atoms with Gasteiger partial charge in [0.2, 0.25) is 5.95 Å². The van der Waals surface area contributed by atoms with Crippen LogP contribution in [0.1, 0.15) is 21.5 Å². The zero-order valence-corrected chi connectivity index (χ0v) is 15.5. The summed E-state index contributed by atoms with van der Waals surface area (Å²) in [5.41, 5.74) is 3.22. The molecule has 3 aromatic rings. The number of carbonyl (C=O) groups is 1. The van der Waals surface area contributed by atoms with Gasteiger partial charge < -0.3 is 10.6 Å². The summed E-state index contributed by atoms with van der Waals surface area (Å²) in [7, 11) is 0. The number of carbonyl (C=O) groups excluding carboxylic acids is 1. The smallest absolute Gasteiger partial charge is 0.258 e. The van der Waals surface area contributed by atoms with Crippen molar-refractivity contribution in [2.24, 2.45) is 0 Å². The van der Waals surface area contributed by atoms with Gasteiger partial charge >= 0.3 is 0 Å². The van der Waals surface area contributed by atoms with E-state index in [0.717, 1.165) is 5.56 Å². The number of nitrogens with zero attached hydrogens (tertiary/aromatic N) is 2. The summed E-state index contributed by atoms with van der Waals surface area (Å²) in [4.78, 5) is 20.6. The molecular formula is C19H16Cl2N4O. The summed E-state index contributed by atoms with van der Waals surface area (Å²) in [5.74, 6) is 0.131. The predicted octanol–water partition coefficient (Wildman–Crippen LogP) is 4.96. The molecule has 3 rings (SSSR count). The molecule has 26 heavy (non-hydrogen) atoms. The minimum atomic E-state index is -0.325. The van der Waals surface area contributed by atoms with Gasteiger partial charge in [0.05, 0.1) is 15.6 Å². The van der Waals surface area contributed by atoms with Gasteiger partial charge in [0, 0.05) is 24.6 Å². The average Bonchev–Trinajstić information content (AvgIpc) is 2.63. The molecule has 1 amide bonds. The van der Waals surface area contributed by atoms with Crippen molar-refractivity contribution in [2.75, 3.05) is 10.6 Å². The highest BCUT2D eigenvalue weighted by atomic mass is 35.5. The molecule has 0 aliphatic rings. The Kier molecular flexibility index (Phi) is 5.71. The highest BCUT2D eigenvalue weighted by molar-refractivity contribution is 6.42. The number of anilines is 2. The van der Waals surface area contributed by atoms with Gasteiger partial charge in [-0.3, -0.25) is 4.79 Å². The first-order valence-electron chi connectivity index (χ1n) is 7.89. The van der Waals surface area contributed by atoms with E-state index in [9.17, 15) is 4.79 Å². The quantitative estimate of drug-likeness (QED) is 0.650. The van der Waals surface area contributed by atoms with Crippen LogP contribution in [0.15, 0.2) is 54.9 Å². The first-order valence-corrected chi connectivity index (χ1v) is 8.65. The van der Waals surface area contributed by atoms with Gasteiger partial charge in [0.25, 0.3) is 5.91 Å². The number of nitrogens with one attached hydrogen (secondary N) is 2. The number of halogens is 2. The van der Waals surface area contributed by atoms with E-state index in [2.05, 4.69) is 26.7 Å². The Labute approximate surface area is 161 Å². The lowest BCUT2D eigenvalue weighted by Gasteiger charge is -2.08. The lowest BCUT2D eigenvalue weighted by molar-refractivity contribution is 0.102. The van der Waals surface area contributed by atoms with E-state index < -0.39 is 0 Å². The van der Waals surface area contributed by atoms with Crippen LogP contribution in [0.3, 0.4) is 0 Å². The SMILES string of the molecule is Cc1cccc(CNc2ncc(C(=O)Nc3ccc(Cl)c(Cl)c3)cn2)c1. The van der Waals surface area contributed by atoms with Crippen molar-refractivity contribution in [2.45, 2.75) is 13.5 Å². The maximum absolute atomic E-state index is 12.3. The van der Waals surface area contributed by atoms with Gasteiger partial charge in [-0.25, -0.2) is 9.97 Å². The van der Waals surface area contributed by atoms with Gasteiger partial charge in [0.1, 0.15) is 0 Å². The van der Waals surface area contributed by atoms with Crippen molar-refractivity contribution in [1.29, 1.82) is 0 Å². The van der Waals surface area contributed by atoms with Crippen molar-refractivity contribution in [3.8, 4) is 0 Å². The first kappa shape index (κ1) is 18.2. The number of aromatic nitrogens is 2. The third-order valence-corrected chi connectivity index (χ3v) is 4.36. The summed E-state index contributed by atoms with van der Waals surface area (Å²) in [5, 5.41) is 6.66. The molecule has 7 heteroatoms. The first-order chi connectivity index (χ1) is 12.5. The third-order valence-electron chi connectivity index (χ3n) is 3.62. The minimum Gasteiger partial charge on any atom is -0.350 e. The lowest BCUT2D eigenvalue weighted by Crippen LogP contribution is -2.13. The summed E-state index contributed by atoms with van der Waals surface area (Å²) in [6.07, 6.45) is 2.94. The molecule has 1 heterocycles. The van der Waals surface area contributed by atoms with Crippen molar-refractivity contribution in [1.82, 2.24) is 9.97 Å². The van der Waals surface area contributed by atoms with Crippen molar-refractivity contribution < 1.29 is 4.79 Å². The Balaban J connectivity index is 1.61. The highest BCUT2D eigenvalue weighted by Crippen LogP contribution is 2.25. The van der Waals surface area contributed by atoms with Gasteiger partial charge in [0.15, 0.2) is 0 Å². The minimum absolute atomic E-state index is 0.325. The molecule has 2 aromatic carbocycles. The van der Waals surface area contributed by atoms with Crippen LogP contribution < -0.4 is 10.6 Å². The molecule has 0 aliphatic heterocycles. The Morgan fingerprint density at radius 1 is 1.04 bits per heavy atom. The van der Waals surface area contributed by atoms with Crippen LogP contribution in [0.5, 0.6) is 0 Å². The molecular weight excluding hydrogens is 371 g/mol. The van der Waals surface area contributed by atoms with Crippen LogP contribution in [0.2, 0.25) is 10.0 Å². The van der Waals surface area contributed by atoms with Crippen molar-refractivity contribution >= 4 is 40.7 Å². The van der Waals surface area contributed by atoms with Gasteiger partial charge in [-0.05, 0) is 30.7 Å². The summed E-state index contributed by atoms with van der Waals surface area (Å²) >= 11 is 11.8. The highest BCUT2D eigenvalue weighted by Gasteiger charge is 2.09. The zero-order valence-electron chi connectivity index (χ0n) is 14.0. The Hall–Kier alpha value is -2.63. The average molecular weight is 387 g/mol. The third kappa shape index (κ3) is 4.71. The number of rotatable bonds is 5. The Bertz CT molecular complexity index is 929. The summed E-state index contributed by atoms with van der Waals surface area (Å²) in [6, 6.07) is 13.0. The van der Waals surface area contributed by atoms with Crippen LogP contribution in [0.4, 0.5) is 11.6 Å². The molecule has 0 atom stereocenters. The second-order valence-electron chi connectivity index (χ2n) is 5.72. The van der Waals surface area contributed by atoms with E-state index in [4.69, 9.17) is 23.2 Å². The topological polar surface area (TPSA) is 66.9 Å². The zero-order chi connectivity index (χ0) is 18.5. The fraction of sp³-hybridized carbons (Fsp3) is 0.105. The van der Waals surface area contributed by atoms with Crippen LogP contribution >= 0.6 is 23.2 Å². The molecule has 0 spiro atoms. The molecule has 5 nitrogen and oxygen atoms in total. The summed E-state index contributed by atoms with van der Waals surface area (Å²) < 4.78 is 0. The molecule has 0 fully saturated rings. The fourth-order valence-corrected chi connectivity index (χ4v) is 2.62. The van der Waals surface area contributed by atoms with E-state index in [1.807, 2.05) is 25.1 Å². The van der Waals surface area contributed by atoms with E-state index in [1.165, 1.54) is 18.0 Å². The van der Waals surface area contributed by atoms with Crippen molar-refractivity contribution in [3.05, 3.63) is 81.6 Å². The molecule has 0 saturated carbocycles. The van der Waals surface area contributed by atoms with Crippen LogP contribution in [0.25, 0.3) is 0 Å². The number of amides is 1. The molecule has 1 aromatic heterocycles. The monoisotopic (exact) mass is 386 g/mol. The summed E-state index contributed by atoms with van der Waals surface area (Å²) in [6.45, 7) is 2.65. The fourth-order valence-electron chi connectivity index (χ4n) is 2.32. The van der Waals surface area contributed by atoms with Gasteiger partial charge in [-0.2, -0.15) is 0 Å². The molecule has 0 saturated heterocycles. The molecule has 132 valence electrons. The molecule has 0 bridgehead atoms. The van der Waals surface area contributed by atoms with Crippen LogP contribution in [-0.2, 0) is 6.54 Å². The number of benzene rings is 2. The van der Waals surface area contributed by atoms with Crippen molar-refractivity contribution in [3.63, 3.8) is 0 Å². The molecule has 0 aliphatic carbocycles. The number of hydrogen-bond acceptors (Lipinski definition) is 4. The largest absolute Gasteiger partial charge is 0.350 e. The van der Waals surface area contributed by atoms with E-state index >= 15 is 0 Å². The number of hydrogen-bond donors (Lipinski definition) is 2. The standard InChI is InChI=1S/C19H16Cl2N4O/c1-12-3-2-4-13(7-12)9-22-19-23-10-14(11-24-19)18(26)25-15-5-6-16(20)17(21)8-15/h2-8,10-11H,9H2,1H3,(H,25,26)(H,22,23,24). The van der Waals surface area contributed by atoms with E-state index in [-0.39, 0.29) is 5.91 Å². The normalized spacial score (nSPS) is 10.4. The van der Waals surface area contributed by atoms with Crippen LogP contribution in [0, 0.1) is 6.92 Å². The maximum atomic E-state index is 12.3. The Morgan fingerprint density at radius 3 is 2.50 bits per heavy atom. The lowest BCUT2D eigenvalue weighted by atomic mass is 10.1. The Morgan fingerprint density at radius 2 is 1.81 bits per heavy atom. The van der Waals surface area contributed by atoms with Gasteiger partial charge in [-0.15, -0.1) is 0 Å². The molecule has 2 N–H and O–H groups in total. The second-order valence-corrected chi connectivity index (χ2v) is 6.54. The van der Waals surface area contributed by atoms with E-state index in [1.54, 1.807) is 18.2 Å². The molecule has 0 unspecified atom stereocenters. The number of aryl methyl sites for hydroxylation is 1. The van der Waals surface area contributed by atoms with Gasteiger partial charge in [-0.1, -0.05) is 53.0 Å².